The second-order valence-corrected chi connectivity index (χ2v) is 8.91. The van der Waals surface area contributed by atoms with Crippen LogP contribution in [-0.4, -0.2) is 52.6 Å². The standard InChI is InChI=1S/C23H30N4O4/c1-5-30-19-9-7-6-8-18(19)20(28)25-17-10-16-12-27(21(29)14(2)3)13-23(16,11-17)22-24-15(4)26-31-22/h6-9,14,16-17H,5,10-13H2,1-4H3,(H,25,28). The van der Waals surface area contributed by atoms with Crippen molar-refractivity contribution in [3.8, 4) is 5.75 Å². The predicted molar refractivity (Wildman–Crippen MR) is 114 cm³/mol. The molecule has 166 valence electrons. The molecule has 2 fully saturated rings. The summed E-state index contributed by atoms with van der Waals surface area (Å²) in [6.07, 6.45) is 1.41. The van der Waals surface area contributed by atoms with Crippen LogP contribution in [-0.2, 0) is 10.2 Å². The quantitative estimate of drug-likeness (QED) is 0.763. The highest BCUT2D eigenvalue weighted by molar-refractivity contribution is 5.97. The van der Waals surface area contributed by atoms with Gasteiger partial charge in [0.05, 0.1) is 17.6 Å². The Kier molecular flexibility index (Phi) is 5.73. The van der Waals surface area contributed by atoms with Crippen LogP contribution >= 0.6 is 0 Å². The lowest BCUT2D eigenvalue weighted by atomic mass is 9.80. The van der Waals surface area contributed by atoms with Gasteiger partial charge in [-0.3, -0.25) is 9.59 Å². The van der Waals surface area contributed by atoms with Gasteiger partial charge >= 0.3 is 0 Å². The minimum absolute atomic E-state index is 0.0457. The first-order valence-corrected chi connectivity index (χ1v) is 11.0. The fourth-order valence-electron chi connectivity index (χ4n) is 5.04. The SMILES string of the molecule is CCOc1ccccc1C(=O)NC1CC2CN(C(=O)C(C)C)CC2(c2nc(C)no2)C1. The molecule has 31 heavy (non-hydrogen) atoms. The van der Waals surface area contributed by atoms with E-state index in [9.17, 15) is 9.59 Å². The number of carbonyl (C=O) groups excluding carboxylic acids is 2. The van der Waals surface area contributed by atoms with Gasteiger partial charge in [0.2, 0.25) is 11.8 Å². The predicted octanol–water partition coefficient (Wildman–Crippen LogP) is 2.72. The second-order valence-electron chi connectivity index (χ2n) is 8.91. The lowest BCUT2D eigenvalue weighted by Gasteiger charge is -2.26. The average Bonchev–Trinajstić information content (AvgIpc) is 3.40. The molecule has 0 spiro atoms. The van der Waals surface area contributed by atoms with Crippen molar-refractivity contribution >= 4 is 11.8 Å². The van der Waals surface area contributed by atoms with E-state index in [-0.39, 0.29) is 29.7 Å². The summed E-state index contributed by atoms with van der Waals surface area (Å²) < 4.78 is 11.2. The number of aryl methyl sites for hydroxylation is 1. The first-order chi connectivity index (χ1) is 14.8. The largest absolute Gasteiger partial charge is 0.493 e. The average molecular weight is 427 g/mol. The molecule has 1 saturated heterocycles. The minimum Gasteiger partial charge on any atom is -0.493 e. The van der Waals surface area contributed by atoms with Gasteiger partial charge in [-0.05, 0) is 44.7 Å². The molecule has 2 amide bonds. The number of ether oxygens (including phenoxy) is 1. The Morgan fingerprint density at radius 2 is 2.13 bits per heavy atom. The van der Waals surface area contributed by atoms with Crippen molar-refractivity contribution in [2.45, 2.75) is 52.0 Å². The maximum Gasteiger partial charge on any atom is 0.255 e. The van der Waals surface area contributed by atoms with Crippen LogP contribution in [0.2, 0.25) is 0 Å². The molecular formula is C23H30N4O4. The van der Waals surface area contributed by atoms with Crippen molar-refractivity contribution in [1.82, 2.24) is 20.4 Å². The Hall–Kier alpha value is -2.90. The number of rotatable bonds is 6. The monoisotopic (exact) mass is 426 g/mol. The van der Waals surface area contributed by atoms with E-state index in [0.29, 0.717) is 49.1 Å². The van der Waals surface area contributed by atoms with Crippen LogP contribution in [0.4, 0.5) is 0 Å². The molecule has 8 heteroatoms. The van der Waals surface area contributed by atoms with Crippen molar-refractivity contribution in [2.75, 3.05) is 19.7 Å². The number of nitrogens with zero attached hydrogens (tertiary/aromatic N) is 3. The van der Waals surface area contributed by atoms with Crippen molar-refractivity contribution in [3.05, 3.63) is 41.5 Å². The molecule has 2 heterocycles. The van der Waals surface area contributed by atoms with Crippen LogP contribution in [0.5, 0.6) is 5.75 Å². The minimum atomic E-state index is -0.427. The third-order valence-electron chi connectivity index (χ3n) is 6.40. The molecule has 2 aromatic rings. The summed E-state index contributed by atoms with van der Waals surface area (Å²) >= 11 is 0. The highest BCUT2D eigenvalue weighted by Gasteiger charge is 2.58. The number of fused-ring (bicyclic) bond motifs is 1. The van der Waals surface area contributed by atoms with Crippen molar-refractivity contribution in [3.63, 3.8) is 0 Å². The Bertz CT molecular complexity index is 972. The van der Waals surface area contributed by atoms with Gasteiger partial charge in [-0.15, -0.1) is 0 Å². The molecule has 4 rings (SSSR count). The summed E-state index contributed by atoms with van der Waals surface area (Å²) in [5, 5.41) is 7.17. The van der Waals surface area contributed by atoms with Gasteiger partial charge in [0.15, 0.2) is 5.82 Å². The fourth-order valence-corrected chi connectivity index (χ4v) is 5.04. The molecule has 1 aromatic carbocycles. The Morgan fingerprint density at radius 1 is 1.35 bits per heavy atom. The molecule has 1 saturated carbocycles. The molecule has 1 aliphatic heterocycles. The summed E-state index contributed by atoms with van der Waals surface area (Å²) in [6.45, 7) is 9.20. The summed E-state index contributed by atoms with van der Waals surface area (Å²) in [5.41, 5.74) is 0.101. The zero-order valence-electron chi connectivity index (χ0n) is 18.6. The molecule has 3 unspecified atom stereocenters. The number of aromatic nitrogens is 2. The Balaban J connectivity index is 1.55. The third kappa shape index (κ3) is 3.91. The van der Waals surface area contributed by atoms with Crippen LogP contribution in [0.15, 0.2) is 28.8 Å². The van der Waals surface area contributed by atoms with E-state index < -0.39 is 5.41 Å². The summed E-state index contributed by atoms with van der Waals surface area (Å²) in [5.74, 6) is 1.80. The molecule has 1 aliphatic carbocycles. The fraction of sp³-hybridized carbons (Fsp3) is 0.565. The first kappa shape index (κ1) is 21.3. The van der Waals surface area contributed by atoms with E-state index in [1.54, 1.807) is 19.1 Å². The van der Waals surface area contributed by atoms with Crippen molar-refractivity contribution in [2.24, 2.45) is 11.8 Å². The van der Waals surface area contributed by atoms with Gasteiger partial charge in [-0.25, -0.2) is 0 Å². The maximum atomic E-state index is 13.0. The lowest BCUT2D eigenvalue weighted by molar-refractivity contribution is -0.133. The van der Waals surface area contributed by atoms with Gasteiger partial charge in [-0.2, -0.15) is 4.98 Å². The molecule has 3 atom stereocenters. The number of hydrogen-bond donors (Lipinski definition) is 1. The molecule has 0 bridgehead atoms. The summed E-state index contributed by atoms with van der Waals surface area (Å²) in [7, 11) is 0. The molecule has 0 radical (unpaired) electrons. The van der Waals surface area contributed by atoms with Gasteiger partial charge in [0.1, 0.15) is 5.75 Å². The number of para-hydroxylation sites is 1. The van der Waals surface area contributed by atoms with E-state index in [4.69, 9.17) is 9.26 Å². The van der Waals surface area contributed by atoms with Gasteiger partial charge in [-0.1, -0.05) is 31.1 Å². The van der Waals surface area contributed by atoms with Crippen LogP contribution in [0.3, 0.4) is 0 Å². The zero-order chi connectivity index (χ0) is 22.2. The Morgan fingerprint density at radius 3 is 2.81 bits per heavy atom. The van der Waals surface area contributed by atoms with E-state index in [1.807, 2.05) is 37.8 Å². The van der Waals surface area contributed by atoms with Crippen LogP contribution in [0.25, 0.3) is 0 Å². The van der Waals surface area contributed by atoms with E-state index in [2.05, 4.69) is 15.5 Å². The highest BCUT2D eigenvalue weighted by Crippen LogP contribution is 2.50. The number of carbonyl (C=O) groups is 2. The molecule has 8 nitrogen and oxygen atoms in total. The lowest BCUT2D eigenvalue weighted by Crippen LogP contribution is -2.40. The molecular weight excluding hydrogens is 396 g/mol. The molecule has 1 N–H and O–H groups in total. The normalized spacial score (nSPS) is 25.0. The number of amides is 2. The molecule has 1 aromatic heterocycles. The second kappa shape index (κ2) is 8.32. The van der Waals surface area contributed by atoms with Gasteiger partial charge in [0, 0.05) is 25.0 Å². The van der Waals surface area contributed by atoms with E-state index in [0.717, 1.165) is 6.42 Å². The van der Waals surface area contributed by atoms with Crippen LogP contribution in [0, 0.1) is 18.8 Å². The van der Waals surface area contributed by atoms with Crippen LogP contribution in [0.1, 0.15) is 55.7 Å². The van der Waals surface area contributed by atoms with Crippen molar-refractivity contribution in [1.29, 1.82) is 0 Å². The maximum absolute atomic E-state index is 13.0. The first-order valence-electron chi connectivity index (χ1n) is 11.0. The smallest absolute Gasteiger partial charge is 0.255 e. The summed E-state index contributed by atoms with van der Waals surface area (Å²) in [6, 6.07) is 7.22. The van der Waals surface area contributed by atoms with Crippen molar-refractivity contribution < 1.29 is 18.8 Å². The number of benzene rings is 1. The zero-order valence-corrected chi connectivity index (χ0v) is 18.6. The van der Waals surface area contributed by atoms with E-state index in [1.165, 1.54) is 0 Å². The number of hydrogen-bond acceptors (Lipinski definition) is 6. The molecule has 2 aliphatic rings. The Labute approximate surface area is 182 Å². The number of likely N-dealkylation sites (tertiary alicyclic amines) is 1. The van der Waals surface area contributed by atoms with Gasteiger partial charge < -0.3 is 19.5 Å². The summed E-state index contributed by atoms with van der Waals surface area (Å²) in [4.78, 5) is 32.1. The third-order valence-corrected chi connectivity index (χ3v) is 6.40. The topological polar surface area (TPSA) is 97.6 Å². The van der Waals surface area contributed by atoms with Gasteiger partial charge in [0.25, 0.3) is 5.91 Å². The van der Waals surface area contributed by atoms with E-state index >= 15 is 0 Å². The highest BCUT2D eigenvalue weighted by atomic mass is 16.5. The number of nitrogens with one attached hydrogen (secondary N) is 1. The van der Waals surface area contributed by atoms with Crippen LogP contribution < -0.4 is 10.1 Å².